The van der Waals surface area contributed by atoms with Gasteiger partial charge in [-0.05, 0) is 19.9 Å². The summed E-state index contributed by atoms with van der Waals surface area (Å²) < 4.78 is 10.8. The summed E-state index contributed by atoms with van der Waals surface area (Å²) in [7, 11) is 0. The molecule has 25 heavy (non-hydrogen) atoms. The summed E-state index contributed by atoms with van der Waals surface area (Å²) in [6.45, 7) is 3.79. The van der Waals surface area contributed by atoms with Crippen LogP contribution in [-0.2, 0) is 16.1 Å². The van der Waals surface area contributed by atoms with Gasteiger partial charge in [-0.1, -0.05) is 42.1 Å². The maximum absolute atomic E-state index is 11.9. The number of aryl methyl sites for hydroxylation is 2. The first-order valence-electron chi connectivity index (χ1n) is 7.71. The minimum absolute atomic E-state index is 0.0000702. The fourth-order valence-corrected chi connectivity index (χ4v) is 2.93. The van der Waals surface area contributed by atoms with E-state index in [9.17, 15) is 4.79 Å². The first kappa shape index (κ1) is 17.2. The molecule has 0 atom stereocenters. The molecule has 7 heteroatoms. The monoisotopic (exact) mass is 355 g/mol. The second-order valence-corrected chi connectivity index (χ2v) is 6.31. The van der Waals surface area contributed by atoms with Gasteiger partial charge in [-0.25, -0.2) is 15.0 Å². The minimum atomic E-state index is -0.368. The summed E-state index contributed by atoms with van der Waals surface area (Å²) in [5, 5.41) is 0.567. The van der Waals surface area contributed by atoms with Gasteiger partial charge in [-0.15, -0.1) is 0 Å². The molecule has 3 rings (SSSR count). The van der Waals surface area contributed by atoms with Crippen LogP contribution in [-0.4, -0.2) is 26.7 Å². The third-order valence-electron chi connectivity index (χ3n) is 3.25. The topological polar surface area (TPSA) is 78.1 Å². The number of rotatable bonds is 6. The van der Waals surface area contributed by atoms with Crippen molar-refractivity contribution in [1.82, 2.24) is 15.0 Å². The number of carbonyl (C=O) groups excluding carboxylic acids is 1. The zero-order valence-electron chi connectivity index (χ0n) is 13.9. The van der Waals surface area contributed by atoms with Crippen molar-refractivity contribution >= 4 is 17.7 Å². The molecule has 128 valence electrons. The number of nitrogens with zero attached hydrogens (tertiary/aromatic N) is 3. The van der Waals surface area contributed by atoms with Crippen molar-refractivity contribution in [2.75, 3.05) is 5.75 Å². The van der Waals surface area contributed by atoms with Crippen LogP contribution in [0.3, 0.4) is 0 Å². The third-order valence-corrected chi connectivity index (χ3v) is 4.07. The third kappa shape index (κ3) is 4.90. The predicted molar refractivity (Wildman–Crippen MR) is 94.0 cm³/mol. The smallest absolute Gasteiger partial charge is 0.316 e. The van der Waals surface area contributed by atoms with Crippen LogP contribution in [0, 0.1) is 13.8 Å². The van der Waals surface area contributed by atoms with Crippen LogP contribution in [0.15, 0.2) is 52.2 Å². The molecule has 2 heterocycles. The lowest BCUT2D eigenvalue weighted by Gasteiger charge is -2.03. The number of aromatic nitrogens is 3. The van der Waals surface area contributed by atoms with Crippen LogP contribution >= 0.6 is 11.8 Å². The molecule has 2 aromatic heterocycles. The first-order valence-corrected chi connectivity index (χ1v) is 8.69. The quantitative estimate of drug-likeness (QED) is 0.380. The van der Waals surface area contributed by atoms with E-state index in [-0.39, 0.29) is 18.3 Å². The Morgan fingerprint density at radius 1 is 1.16 bits per heavy atom. The number of hydrogen-bond acceptors (Lipinski definition) is 7. The fraction of sp³-hybridized carbons (Fsp3) is 0.222. The molecule has 0 bridgehead atoms. The summed E-state index contributed by atoms with van der Waals surface area (Å²) in [6, 6.07) is 11.5. The Hall–Kier alpha value is -2.67. The van der Waals surface area contributed by atoms with Gasteiger partial charge in [0.15, 0.2) is 17.5 Å². The van der Waals surface area contributed by atoms with E-state index in [2.05, 4.69) is 15.0 Å². The zero-order chi connectivity index (χ0) is 17.6. The minimum Gasteiger partial charge on any atom is -0.455 e. The van der Waals surface area contributed by atoms with E-state index in [1.807, 2.05) is 50.2 Å². The lowest BCUT2D eigenvalue weighted by Crippen LogP contribution is -2.08. The van der Waals surface area contributed by atoms with E-state index in [0.717, 1.165) is 17.0 Å². The summed E-state index contributed by atoms with van der Waals surface area (Å²) in [5.41, 5.74) is 2.67. The van der Waals surface area contributed by atoms with Crippen molar-refractivity contribution in [2.45, 2.75) is 25.6 Å². The fourth-order valence-electron chi connectivity index (χ4n) is 2.18. The van der Waals surface area contributed by atoms with Gasteiger partial charge < -0.3 is 9.15 Å². The van der Waals surface area contributed by atoms with Gasteiger partial charge in [-0.2, -0.15) is 0 Å². The number of thioether (sulfide) groups is 1. The summed E-state index contributed by atoms with van der Waals surface area (Å²) in [6.07, 6.45) is 1.62. The second-order valence-electron chi connectivity index (χ2n) is 5.37. The van der Waals surface area contributed by atoms with Crippen LogP contribution in [0.1, 0.15) is 17.3 Å². The molecule has 0 aliphatic heterocycles. The van der Waals surface area contributed by atoms with Crippen LogP contribution in [0.5, 0.6) is 0 Å². The largest absolute Gasteiger partial charge is 0.455 e. The standard InChI is InChI=1S/C18H17N3O3S/c1-12-8-13(2)21-18(20-12)25-11-17(22)23-10-16-19-9-15(24-16)14-6-4-3-5-7-14/h3-9H,10-11H2,1-2H3. The van der Waals surface area contributed by atoms with Crippen LogP contribution in [0.2, 0.25) is 0 Å². The Balaban J connectivity index is 1.50. The molecule has 0 aliphatic carbocycles. The van der Waals surface area contributed by atoms with Gasteiger partial charge >= 0.3 is 5.97 Å². The number of benzene rings is 1. The molecule has 0 fully saturated rings. The summed E-state index contributed by atoms with van der Waals surface area (Å²) in [5.74, 6) is 0.770. The molecule has 0 spiro atoms. The second kappa shape index (κ2) is 7.94. The molecule has 0 saturated heterocycles. The molecule has 0 unspecified atom stereocenters. The van der Waals surface area contributed by atoms with Gasteiger partial charge in [-0.3, -0.25) is 4.79 Å². The maximum atomic E-state index is 11.9. The highest BCUT2D eigenvalue weighted by atomic mass is 32.2. The number of carbonyl (C=O) groups is 1. The Labute approximate surface area is 149 Å². The van der Waals surface area contributed by atoms with Crippen molar-refractivity contribution in [2.24, 2.45) is 0 Å². The number of oxazole rings is 1. The lowest BCUT2D eigenvalue weighted by molar-refractivity contribution is -0.142. The van der Waals surface area contributed by atoms with E-state index in [4.69, 9.17) is 9.15 Å². The van der Waals surface area contributed by atoms with Gasteiger partial charge in [0, 0.05) is 17.0 Å². The lowest BCUT2D eigenvalue weighted by atomic mass is 10.2. The molecule has 1 aromatic carbocycles. The molecule has 3 aromatic rings. The van der Waals surface area contributed by atoms with Crippen LogP contribution in [0.4, 0.5) is 0 Å². The summed E-state index contributed by atoms with van der Waals surface area (Å²) >= 11 is 1.25. The highest BCUT2D eigenvalue weighted by Gasteiger charge is 2.11. The normalized spacial score (nSPS) is 10.6. The van der Waals surface area contributed by atoms with E-state index >= 15 is 0 Å². The van der Waals surface area contributed by atoms with Gasteiger partial charge in [0.1, 0.15) is 0 Å². The molecule has 0 amide bonds. The predicted octanol–water partition coefficient (Wildman–Crippen LogP) is 3.58. The van der Waals surface area contributed by atoms with Crippen LogP contribution < -0.4 is 0 Å². The van der Waals surface area contributed by atoms with Gasteiger partial charge in [0.05, 0.1) is 11.9 Å². The average Bonchev–Trinajstić information content (AvgIpc) is 3.07. The van der Waals surface area contributed by atoms with Gasteiger partial charge in [0.2, 0.25) is 5.89 Å². The van der Waals surface area contributed by atoms with Crippen molar-refractivity contribution in [1.29, 1.82) is 0 Å². The molecule has 6 nitrogen and oxygen atoms in total. The van der Waals surface area contributed by atoms with Crippen LogP contribution in [0.25, 0.3) is 11.3 Å². The van der Waals surface area contributed by atoms with Crippen molar-refractivity contribution in [3.8, 4) is 11.3 Å². The molecular formula is C18H17N3O3S. The van der Waals surface area contributed by atoms with Gasteiger partial charge in [0.25, 0.3) is 0 Å². The zero-order valence-corrected chi connectivity index (χ0v) is 14.7. The Bertz CT molecular complexity index is 845. The Morgan fingerprint density at radius 3 is 2.60 bits per heavy atom. The molecule has 0 N–H and O–H groups in total. The highest BCUT2D eigenvalue weighted by Crippen LogP contribution is 2.20. The summed E-state index contributed by atoms with van der Waals surface area (Å²) in [4.78, 5) is 24.5. The average molecular weight is 355 g/mol. The number of ether oxygens (including phenoxy) is 1. The van der Waals surface area contributed by atoms with Crippen molar-refractivity contribution < 1.29 is 13.9 Å². The number of hydrogen-bond donors (Lipinski definition) is 0. The molecule has 0 radical (unpaired) electrons. The maximum Gasteiger partial charge on any atom is 0.316 e. The highest BCUT2D eigenvalue weighted by molar-refractivity contribution is 7.99. The SMILES string of the molecule is Cc1cc(C)nc(SCC(=O)OCc2ncc(-c3ccccc3)o2)n1. The van der Waals surface area contributed by atoms with E-state index in [1.54, 1.807) is 6.20 Å². The van der Waals surface area contributed by atoms with E-state index < -0.39 is 0 Å². The molecule has 0 aliphatic rings. The molecule has 0 saturated carbocycles. The molecular weight excluding hydrogens is 338 g/mol. The number of esters is 1. The van der Waals surface area contributed by atoms with E-state index in [1.165, 1.54) is 11.8 Å². The van der Waals surface area contributed by atoms with Crippen molar-refractivity contribution in [3.63, 3.8) is 0 Å². The van der Waals surface area contributed by atoms with E-state index in [0.29, 0.717) is 16.8 Å². The Kier molecular flexibility index (Phi) is 5.45. The Morgan fingerprint density at radius 2 is 1.88 bits per heavy atom. The first-order chi connectivity index (χ1) is 12.1. The van der Waals surface area contributed by atoms with Crippen molar-refractivity contribution in [3.05, 3.63) is 59.9 Å².